The molecule has 1 aromatic heterocycles. The maximum absolute atomic E-state index is 12.3. The Bertz CT molecular complexity index is 881. The number of phenols is 1. The van der Waals surface area contributed by atoms with Crippen LogP contribution in [0, 0.1) is 0 Å². The molecule has 5 nitrogen and oxygen atoms in total. The third kappa shape index (κ3) is 2.90. The van der Waals surface area contributed by atoms with Gasteiger partial charge < -0.3 is 10.4 Å². The molecule has 0 radical (unpaired) electrons. The summed E-state index contributed by atoms with van der Waals surface area (Å²) in [4.78, 5) is 12.3. The number of nitrogens with zero attached hydrogens (tertiary/aromatic N) is 1. The molecule has 1 amide bonds. The quantitative estimate of drug-likeness (QED) is 0.692. The number of aromatic hydroxyl groups is 1. The molecular weight excluding hydrogens is 290 g/mol. The van der Waals surface area contributed by atoms with Crippen LogP contribution in [0.4, 0.5) is 5.82 Å². The van der Waals surface area contributed by atoms with Crippen LogP contribution in [0.1, 0.15) is 30.0 Å². The van der Waals surface area contributed by atoms with E-state index in [1.165, 1.54) is 12.8 Å². The standard InChI is InChI=1S/C18H17N3O2/c22-14-6-7-15-12(8-14)2-1-3-13(15)9-18(23)19-17-10-16(20-21-17)11-4-5-11/h1-3,6-8,10-11,22H,4-5,9H2,(H2,19,20,21,23). The molecule has 1 saturated carbocycles. The van der Waals surface area contributed by atoms with Gasteiger partial charge in [0.1, 0.15) is 5.75 Å². The average Bonchev–Trinajstić information content (AvgIpc) is 3.28. The fraction of sp³-hybridized carbons (Fsp3) is 0.222. The summed E-state index contributed by atoms with van der Waals surface area (Å²) in [5.74, 6) is 1.29. The van der Waals surface area contributed by atoms with Crippen LogP contribution in [0.25, 0.3) is 10.8 Å². The van der Waals surface area contributed by atoms with Gasteiger partial charge in [-0.1, -0.05) is 24.3 Å². The Kier molecular flexibility index (Phi) is 3.26. The van der Waals surface area contributed by atoms with Crippen LogP contribution >= 0.6 is 0 Å². The van der Waals surface area contributed by atoms with E-state index < -0.39 is 0 Å². The van der Waals surface area contributed by atoms with Gasteiger partial charge in [0.15, 0.2) is 5.82 Å². The molecule has 1 aliphatic carbocycles. The summed E-state index contributed by atoms with van der Waals surface area (Å²) in [6, 6.07) is 12.8. The van der Waals surface area contributed by atoms with Crippen LogP contribution in [0.2, 0.25) is 0 Å². The highest BCUT2D eigenvalue weighted by Gasteiger charge is 2.25. The van der Waals surface area contributed by atoms with Crippen molar-refractivity contribution in [2.24, 2.45) is 0 Å². The van der Waals surface area contributed by atoms with Crippen molar-refractivity contribution in [2.75, 3.05) is 5.32 Å². The van der Waals surface area contributed by atoms with Gasteiger partial charge in [-0.15, -0.1) is 0 Å². The lowest BCUT2D eigenvalue weighted by atomic mass is 10.0. The zero-order chi connectivity index (χ0) is 15.8. The van der Waals surface area contributed by atoms with E-state index in [1.54, 1.807) is 12.1 Å². The molecule has 3 aromatic rings. The maximum Gasteiger partial charge on any atom is 0.230 e. The number of hydrogen-bond donors (Lipinski definition) is 3. The Morgan fingerprint density at radius 2 is 2.13 bits per heavy atom. The van der Waals surface area contributed by atoms with Crippen LogP contribution in [0.5, 0.6) is 5.75 Å². The highest BCUT2D eigenvalue weighted by molar-refractivity contribution is 5.96. The van der Waals surface area contributed by atoms with E-state index in [0.29, 0.717) is 11.7 Å². The summed E-state index contributed by atoms with van der Waals surface area (Å²) in [5.41, 5.74) is 2.03. The molecule has 0 unspecified atom stereocenters. The third-order valence-electron chi connectivity index (χ3n) is 4.19. The summed E-state index contributed by atoms with van der Waals surface area (Å²) >= 11 is 0. The van der Waals surface area contributed by atoms with Crippen LogP contribution < -0.4 is 5.32 Å². The summed E-state index contributed by atoms with van der Waals surface area (Å²) < 4.78 is 0. The monoisotopic (exact) mass is 307 g/mol. The molecule has 0 saturated heterocycles. The van der Waals surface area contributed by atoms with E-state index in [-0.39, 0.29) is 18.1 Å². The number of aromatic amines is 1. The van der Waals surface area contributed by atoms with Crippen molar-refractivity contribution in [3.8, 4) is 5.75 Å². The van der Waals surface area contributed by atoms with Crippen molar-refractivity contribution in [2.45, 2.75) is 25.2 Å². The number of nitrogens with one attached hydrogen (secondary N) is 2. The SMILES string of the molecule is O=C(Cc1cccc2cc(O)ccc12)Nc1cc(C2CC2)[nH]n1. The van der Waals surface area contributed by atoms with Gasteiger partial charge in [-0.3, -0.25) is 9.89 Å². The number of aromatic nitrogens is 2. The third-order valence-corrected chi connectivity index (χ3v) is 4.19. The summed E-state index contributed by atoms with van der Waals surface area (Å²) in [7, 11) is 0. The van der Waals surface area contributed by atoms with Gasteiger partial charge >= 0.3 is 0 Å². The van der Waals surface area contributed by atoms with Gasteiger partial charge in [-0.05, 0) is 41.3 Å². The first-order chi connectivity index (χ1) is 11.2. The van der Waals surface area contributed by atoms with Gasteiger partial charge in [0.25, 0.3) is 0 Å². The molecule has 0 atom stereocenters. The zero-order valence-corrected chi connectivity index (χ0v) is 12.5. The predicted molar refractivity (Wildman–Crippen MR) is 88.5 cm³/mol. The van der Waals surface area contributed by atoms with E-state index >= 15 is 0 Å². The minimum atomic E-state index is -0.0978. The largest absolute Gasteiger partial charge is 0.508 e. The number of carbonyl (C=O) groups excluding carboxylic acids is 1. The van der Waals surface area contributed by atoms with Crippen LogP contribution in [0.15, 0.2) is 42.5 Å². The molecular formula is C18H17N3O2. The van der Waals surface area contributed by atoms with Crippen molar-refractivity contribution >= 4 is 22.5 Å². The number of H-pyrrole nitrogens is 1. The molecule has 116 valence electrons. The lowest BCUT2D eigenvalue weighted by molar-refractivity contribution is -0.115. The number of hydrogen-bond acceptors (Lipinski definition) is 3. The van der Waals surface area contributed by atoms with Crippen LogP contribution in [0.3, 0.4) is 0 Å². The summed E-state index contributed by atoms with van der Waals surface area (Å²) in [6.07, 6.45) is 2.66. The second-order valence-electron chi connectivity index (χ2n) is 6.03. The maximum atomic E-state index is 12.3. The van der Waals surface area contributed by atoms with E-state index in [9.17, 15) is 9.90 Å². The lowest BCUT2D eigenvalue weighted by Crippen LogP contribution is -2.14. The van der Waals surface area contributed by atoms with Crippen molar-refractivity contribution < 1.29 is 9.90 Å². The first kappa shape index (κ1) is 13.8. The van der Waals surface area contributed by atoms with E-state index in [2.05, 4.69) is 15.5 Å². The van der Waals surface area contributed by atoms with Gasteiger partial charge in [-0.2, -0.15) is 5.10 Å². The molecule has 0 spiro atoms. The van der Waals surface area contributed by atoms with Crippen molar-refractivity contribution in [1.82, 2.24) is 10.2 Å². The number of phenolic OH excluding ortho intramolecular Hbond substituents is 1. The lowest BCUT2D eigenvalue weighted by Gasteiger charge is -2.07. The van der Waals surface area contributed by atoms with Crippen LogP contribution in [-0.4, -0.2) is 21.2 Å². The Hall–Kier alpha value is -2.82. The fourth-order valence-corrected chi connectivity index (χ4v) is 2.86. The molecule has 0 aliphatic heterocycles. The molecule has 5 heteroatoms. The van der Waals surface area contributed by atoms with E-state index in [4.69, 9.17) is 0 Å². The topological polar surface area (TPSA) is 78.0 Å². The number of anilines is 1. The number of carbonyl (C=O) groups is 1. The number of fused-ring (bicyclic) bond motifs is 1. The molecule has 1 aliphatic rings. The van der Waals surface area contributed by atoms with E-state index in [1.807, 2.05) is 30.3 Å². The highest BCUT2D eigenvalue weighted by Crippen LogP contribution is 2.39. The minimum Gasteiger partial charge on any atom is -0.508 e. The fourth-order valence-electron chi connectivity index (χ4n) is 2.86. The average molecular weight is 307 g/mol. The normalized spacial score (nSPS) is 14.1. The molecule has 23 heavy (non-hydrogen) atoms. The second-order valence-corrected chi connectivity index (χ2v) is 6.03. The summed E-state index contributed by atoms with van der Waals surface area (Å²) in [5, 5.41) is 21.4. The Labute approximate surface area is 133 Å². The molecule has 3 N–H and O–H groups in total. The smallest absolute Gasteiger partial charge is 0.230 e. The van der Waals surface area contributed by atoms with Gasteiger partial charge in [0.05, 0.1) is 6.42 Å². The van der Waals surface area contributed by atoms with Gasteiger partial charge in [0, 0.05) is 17.7 Å². The molecule has 2 aromatic carbocycles. The molecule has 1 fully saturated rings. The van der Waals surface area contributed by atoms with Gasteiger partial charge in [-0.25, -0.2) is 0 Å². The van der Waals surface area contributed by atoms with Crippen molar-refractivity contribution in [1.29, 1.82) is 0 Å². The molecule has 1 heterocycles. The second kappa shape index (κ2) is 5.43. The number of benzene rings is 2. The predicted octanol–water partition coefficient (Wildman–Crippen LogP) is 3.33. The first-order valence-electron chi connectivity index (χ1n) is 7.75. The number of rotatable bonds is 4. The zero-order valence-electron chi connectivity index (χ0n) is 12.5. The van der Waals surface area contributed by atoms with Crippen molar-refractivity contribution in [3.05, 3.63) is 53.7 Å². The van der Waals surface area contributed by atoms with Gasteiger partial charge in [0.2, 0.25) is 5.91 Å². The Morgan fingerprint density at radius 1 is 1.26 bits per heavy atom. The molecule has 4 rings (SSSR count). The van der Waals surface area contributed by atoms with E-state index in [0.717, 1.165) is 22.0 Å². The highest BCUT2D eigenvalue weighted by atomic mass is 16.3. The summed E-state index contributed by atoms with van der Waals surface area (Å²) in [6.45, 7) is 0. The number of amides is 1. The van der Waals surface area contributed by atoms with Crippen LogP contribution in [-0.2, 0) is 11.2 Å². The minimum absolute atomic E-state index is 0.0978. The Morgan fingerprint density at radius 3 is 2.96 bits per heavy atom. The molecule has 0 bridgehead atoms. The Balaban J connectivity index is 1.51. The first-order valence-corrected chi connectivity index (χ1v) is 7.75. The van der Waals surface area contributed by atoms with Crippen molar-refractivity contribution in [3.63, 3.8) is 0 Å².